The Morgan fingerprint density at radius 1 is 1.58 bits per heavy atom. The van der Waals surface area contributed by atoms with E-state index in [-0.39, 0.29) is 0 Å². The predicted octanol–water partition coefficient (Wildman–Crippen LogP) is 1.14. The number of carbonyl (C=O) groups excluding carboxylic acids is 1. The molecule has 0 aliphatic carbocycles. The van der Waals surface area contributed by atoms with E-state index in [4.69, 9.17) is 0 Å². The molecule has 12 heavy (non-hydrogen) atoms. The molecule has 1 rings (SSSR count). The Morgan fingerprint density at radius 2 is 2.25 bits per heavy atom. The summed E-state index contributed by atoms with van der Waals surface area (Å²) < 4.78 is 42.5. The molecule has 0 saturated heterocycles. The SMILES string of the molecule is O=C(Oc1cnco1)C(F)(F)F. The molecule has 4 nitrogen and oxygen atoms in total. The molecule has 66 valence electrons. The van der Waals surface area contributed by atoms with Crippen molar-refractivity contribution >= 4 is 5.97 Å². The fourth-order valence-electron chi connectivity index (χ4n) is 0.404. The number of oxazole rings is 1. The summed E-state index contributed by atoms with van der Waals surface area (Å²) >= 11 is 0. The standard InChI is InChI=1S/C5H2F3NO3/c6-5(7,8)4(10)12-3-1-9-2-11-3/h1-2H. The molecule has 0 N–H and O–H groups in total. The van der Waals surface area contributed by atoms with Gasteiger partial charge in [-0.1, -0.05) is 0 Å². The summed E-state index contributed by atoms with van der Waals surface area (Å²) in [5, 5.41) is 0. The summed E-state index contributed by atoms with van der Waals surface area (Å²) in [5.41, 5.74) is 0. The predicted molar refractivity (Wildman–Crippen MR) is 28.2 cm³/mol. The van der Waals surface area contributed by atoms with Crippen LogP contribution in [0.25, 0.3) is 0 Å². The van der Waals surface area contributed by atoms with Crippen LogP contribution in [0.5, 0.6) is 5.95 Å². The number of halogens is 3. The lowest BCUT2D eigenvalue weighted by molar-refractivity contribution is -0.190. The average Bonchev–Trinajstić information content (AvgIpc) is 2.37. The molecule has 0 aromatic carbocycles. The third-order valence-electron chi connectivity index (χ3n) is 0.834. The van der Waals surface area contributed by atoms with Crippen molar-refractivity contribution in [2.24, 2.45) is 0 Å². The Balaban J connectivity index is 2.60. The highest BCUT2D eigenvalue weighted by Crippen LogP contribution is 2.18. The van der Waals surface area contributed by atoms with Gasteiger partial charge in [0.1, 0.15) is 6.20 Å². The molecule has 0 bridgehead atoms. The number of rotatable bonds is 1. The number of nitrogens with zero attached hydrogens (tertiary/aromatic N) is 1. The summed E-state index contributed by atoms with van der Waals surface area (Å²) in [5.74, 6) is -2.92. The first kappa shape index (κ1) is 8.57. The van der Waals surface area contributed by atoms with Crippen molar-refractivity contribution in [3.05, 3.63) is 12.6 Å². The zero-order chi connectivity index (χ0) is 9.19. The van der Waals surface area contributed by atoms with Crippen molar-refractivity contribution < 1.29 is 27.1 Å². The summed E-state index contributed by atoms with van der Waals surface area (Å²) in [7, 11) is 0. The molecule has 1 aromatic heterocycles. The number of alkyl halides is 3. The van der Waals surface area contributed by atoms with Gasteiger partial charge in [-0.2, -0.15) is 13.2 Å². The van der Waals surface area contributed by atoms with Gasteiger partial charge >= 0.3 is 18.1 Å². The van der Waals surface area contributed by atoms with E-state index in [1.807, 2.05) is 0 Å². The number of carbonyl (C=O) groups is 1. The van der Waals surface area contributed by atoms with E-state index < -0.39 is 18.1 Å². The molecule has 1 heterocycles. The maximum Gasteiger partial charge on any atom is 0.491 e. The minimum Gasteiger partial charge on any atom is -0.413 e. The van der Waals surface area contributed by atoms with Gasteiger partial charge in [0.2, 0.25) is 0 Å². The molecule has 0 fully saturated rings. The summed E-state index contributed by atoms with van der Waals surface area (Å²) in [6.07, 6.45) is -3.32. The number of aromatic nitrogens is 1. The molecule has 7 heteroatoms. The third-order valence-corrected chi connectivity index (χ3v) is 0.834. The molecule has 0 atom stereocenters. The number of ether oxygens (including phenoxy) is 1. The van der Waals surface area contributed by atoms with E-state index >= 15 is 0 Å². The van der Waals surface area contributed by atoms with E-state index in [9.17, 15) is 18.0 Å². The van der Waals surface area contributed by atoms with E-state index in [1.165, 1.54) is 0 Å². The van der Waals surface area contributed by atoms with E-state index in [0.29, 0.717) is 0 Å². The first-order valence-electron chi connectivity index (χ1n) is 2.67. The Bertz CT molecular complexity index is 266. The zero-order valence-corrected chi connectivity index (χ0v) is 5.46. The molecule has 0 amide bonds. The second-order valence-corrected chi connectivity index (χ2v) is 1.71. The molecule has 0 radical (unpaired) electrons. The van der Waals surface area contributed by atoms with Crippen molar-refractivity contribution in [1.82, 2.24) is 4.98 Å². The van der Waals surface area contributed by atoms with Gasteiger partial charge in [-0.3, -0.25) is 0 Å². The third kappa shape index (κ3) is 1.97. The Labute approximate surface area is 63.9 Å². The zero-order valence-electron chi connectivity index (χ0n) is 5.46. The van der Waals surface area contributed by atoms with Crippen molar-refractivity contribution in [3.8, 4) is 5.95 Å². The number of esters is 1. The molecule has 0 aliphatic heterocycles. The van der Waals surface area contributed by atoms with Gasteiger partial charge < -0.3 is 9.15 Å². The lowest BCUT2D eigenvalue weighted by atomic mass is 10.7. The molecule has 1 aromatic rings. The normalized spacial score (nSPS) is 11.2. The van der Waals surface area contributed by atoms with Gasteiger partial charge in [0, 0.05) is 0 Å². The Morgan fingerprint density at radius 3 is 2.67 bits per heavy atom. The van der Waals surface area contributed by atoms with Gasteiger partial charge in [-0.25, -0.2) is 9.78 Å². The molecular weight excluding hydrogens is 179 g/mol. The van der Waals surface area contributed by atoms with E-state index in [1.54, 1.807) is 0 Å². The van der Waals surface area contributed by atoms with Crippen LogP contribution in [-0.4, -0.2) is 17.1 Å². The minimum absolute atomic E-state index is 0.586. The van der Waals surface area contributed by atoms with Crippen molar-refractivity contribution in [3.63, 3.8) is 0 Å². The second-order valence-electron chi connectivity index (χ2n) is 1.71. The van der Waals surface area contributed by atoms with Gasteiger partial charge in [-0.05, 0) is 0 Å². The minimum atomic E-state index is -5.02. The quantitative estimate of drug-likeness (QED) is 0.609. The Hall–Kier alpha value is -1.53. The maximum absolute atomic E-state index is 11.5. The summed E-state index contributed by atoms with van der Waals surface area (Å²) in [6.45, 7) is 0. The highest BCUT2D eigenvalue weighted by Gasteiger charge is 2.41. The van der Waals surface area contributed by atoms with Crippen LogP contribution in [0, 0.1) is 0 Å². The smallest absolute Gasteiger partial charge is 0.413 e. The van der Waals surface area contributed by atoms with Crippen molar-refractivity contribution in [1.29, 1.82) is 0 Å². The van der Waals surface area contributed by atoms with Crippen LogP contribution >= 0.6 is 0 Å². The van der Waals surface area contributed by atoms with Gasteiger partial charge in [0.25, 0.3) is 0 Å². The van der Waals surface area contributed by atoms with Crippen LogP contribution < -0.4 is 4.74 Å². The van der Waals surface area contributed by atoms with Crippen LogP contribution in [0.2, 0.25) is 0 Å². The molecule has 0 aliphatic rings. The topological polar surface area (TPSA) is 52.3 Å². The first-order valence-corrected chi connectivity index (χ1v) is 2.67. The van der Waals surface area contributed by atoms with Crippen molar-refractivity contribution in [2.45, 2.75) is 6.18 Å². The lowest BCUT2D eigenvalue weighted by Crippen LogP contribution is -2.27. The molecule has 0 unspecified atom stereocenters. The summed E-state index contributed by atoms with van der Waals surface area (Å²) in [4.78, 5) is 13.3. The largest absolute Gasteiger partial charge is 0.491 e. The fourth-order valence-corrected chi connectivity index (χ4v) is 0.404. The van der Waals surface area contributed by atoms with Crippen LogP contribution in [0.4, 0.5) is 13.2 Å². The second kappa shape index (κ2) is 2.84. The average molecular weight is 181 g/mol. The van der Waals surface area contributed by atoms with Gasteiger partial charge in [0.05, 0.1) is 0 Å². The molecule has 0 spiro atoms. The Kier molecular flexibility index (Phi) is 2.03. The summed E-state index contributed by atoms with van der Waals surface area (Å²) in [6, 6.07) is 0. The monoisotopic (exact) mass is 181 g/mol. The number of hydrogen-bond acceptors (Lipinski definition) is 4. The maximum atomic E-state index is 11.5. The highest BCUT2D eigenvalue weighted by molar-refractivity contribution is 5.77. The van der Waals surface area contributed by atoms with Crippen LogP contribution in [0.1, 0.15) is 0 Å². The molecular formula is C5H2F3NO3. The van der Waals surface area contributed by atoms with Crippen LogP contribution in [0.3, 0.4) is 0 Å². The van der Waals surface area contributed by atoms with E-state index in [0.717, 1.165) is 12.6 Å². The van der Waals surface area contributed by atoms with Gasteiger partial charge in [0.15, 0.2) is 6.39 Å². The van der Waals surface area contributed by atoms with Crippen LogP contribution in [-0.2, 0) is 4.79 Å². The highest BCUT2D eigenvalue weighted by atomic mass is 19.4. The van der Waals surface area contributed by atoms with Crippen molar-refractivity contribution in [2.75, 3.05) is 0 Å². The van der Waals surface area contributed by atoms with Gasteiger partial charge in [-0.15, -0.1) is 0 Å². The van der Waals surface area contributed by atoms with Crippen LogP contribution in [0.15, 0.2) is 17.0 Å². The number of hydrogen-bond donors (Lipinski definition) is 0. The molecule has 0 saturated carbocycles. The van der Waals surface area contributed by atoms with E-state index in [2.05, 4.69) is 14.1 Å². The lowest BCUT2D eigenvalue weighted by Gasteiger charge is -2.02. The fraction of sp³-hybridized carbons (Fsp3) is 0.200. The first-order chi connectivity index (χ1) is 5.50.